The van der Waals surface area contributed by atoms with Crippen LogP contribution in [0.15, 0.2) is 70.9 Å². The number of benzene rings is 1. The van der Waals surface area contributed by atoms with Crippen LogP contribution >= 0.6 is 0 Å². The molecular weight excluding hydrogens is 420 g/mol. The van der Waals surface area contributed by atoms with Crippen molar-refractivity contribution in [3.8, 4) is 5.75 Å². The van der Waals surface area contributed by atoms with Gasteiger partial charge in [0.25, 0.3) is 11.7 Å². The lowest BCUT2D eigenvalue weighted by Crippen LogP contribution is -2.29. The molecule has 4 rings (SSSR count). The molecule has 0 saturated carbocycles. The number of unbranched alkanes of at least 4 members (excludes halogenated alkanes) is 1. The molecule has 1 aliphatic rings. The van der Waals surface area contributed by atoms with E-state index in [0.29, 0.717) is 29.4 Å². The molecule has 1 aliphatic heterocycles. The molecule has 170 valence electrons. The third-order valence-electron chi connectivity index (χ3n) is 5.52. The van der Waals surface area contributed by atoms with Gasteiger partial charge in [-0.3, -0.25) is 14.6 Å². The maximum atomic E-state index is 13.1. The molecule has 1 atom stereocenters. The van der Waals surface area contributed by atoms with E-state index in [2.05, 4.69) is 11.9 Å². The highest BCUT2D eigenvalue weighted by Gasteiger charge is 2.47. The summed E-state index contributed by atoms with van der Waals surface area (Å²) in [5.74, 6) is -0.0807. The van der Waals surface area contributed by atoms with E-state index < -0.39 is 17.7 Å². The number of ether oxygens (including phenoxy) is 1. The fraction of sp³-hybridized carbons (Fsp3) is 0.269. The minimum absolute atomic E-state index is 0.0102. The van der Waals surface area contributed by atoms with E-state index in [-0.39, 0.29) is 17.9 Å². The monoisotopic (exact) mass is 446 g/mol. The summed E-state index contributed by atoms with van der Waals surface area (Å²) in [5, 5.41) is 11.2. The highest BCUT2D eigenvalue weighted by atomic mass is 16.5. The van der Waals surface area contributed by atoms with Crippen LogP contribution in [0.3, 0.4) is 0 Å². The Kier molecular flexibility index (Phi) is 6.58. The molecule has 0 spiro atoms. The zero-order valence-corrected chi connectivity index (χ0v) is 18.7. The Morgan fingerprint density at radius 3 is 2.73 bits per heavy atom. The van der Waals surface area contributed by atoms with Crippen LogP contribution in [0.4, 0.5) is 0 Å². The van der Waals surface area contributed by atoms with Crippen LogP contribution in [-0.2, 0) is 16.1 Å². The van der Waals surface area contributed by atoms with Gasteiger partial charge in [0.1, 0.15) is 29.1 Å². The molecule has 33 heavy (non-hydrogen) atoms. The first-order chi connectivity index (χ1) is 16.0. The van der Waals surface area contributed by atoms with Gasteiger partial charge in [-0.1, -0.05) is 31.5 Å². The molecule has 3 heterocycles. The fourth-order valence-electron chi connectivity index (χ4n) is 3.85. The normalized spacial score (nSPS) is 17.5. The SMILES string of the molecule is CCCCOc1cccc(/C(O)=C2\C(=O)C(=O)N(Cc3cccnc3)C2c2ccc(C)o2)c1. The van der Waals surface area contributed by atoms with E-state index in [1.807, 2.05) is 6.07 Å². The number of likely N-dealkylation sites (tertiary alicyclic amines) is 1. The van der Waals surface area contributed by atoms with Crippen LogP contribution in [0.25, 0.3) is 5.76 Å². The molecule has 1 fully saturated rings. The third-order valence-corrected chi connectivity index (χ3v) is 5.52. The number of furan rings is 1. The van der Waals surface area contributed by atoms with Gasteiger partial charge in [0.2, 0.25) is 0 Å². The van der Waals surface area contributed by atoms with Crippen LogP contribution in [0.1, 0.15) is 48.5 Å². The molecule has 1 unspecified atom stereocenters. The number of hydrogen-bond acceptors (Lipinski definition) is 6. The molecule has 7 nitrogen and oxygen atoms in total. The first kappa shape index (κ1) is 22.3. The van der Waals surface area contributed by atoms with Crippen molar-refractivity contribution in [1.82, 2.24) is 9.88 Å². The van der Waals surface area contributed by atoms with Gasteiger partial charge in [0.15, 0.2) is 0 Å². The van der Waals surface area contributed by atoms with E-state index >= 15 is 0 Å². The molecule has 7 heteroatoms. The number of nitrogens with zero attached hydrogens (tertiary/aromatic N) is 2. The van der Waals surface area contributed by atoms with Crippen molar-refractivity contribution in [3.05, 3.63) is 89.1 Å². The summed E-state index contributed by atoms with van der Waals surface area (Å²) in [6.45, 7) is 4.57. The van der Waals surface area contributed by atoms with Gasteiger partial charge in [0.05, 0.1) is 12.2 Å². The van der Waals surface area contributed by atoms with Crippen molar-refractivity contribution in [2.75, 3.05) is 6.61 Å². The quantitative estimate of drug-likeness (QED) is 0.232. The second-order valence-electron chi connectivity index (χ2n) is 7.97. The molecule has 2 aromatic heterocycles. The van der Waals surface area contributed by atoms with Gasteiger partial charge in [-0.2, -0.15) is 0 Å². The topological polar surface area (TPSA) is 92.9 Å². The van der Waals surface area contributed by atoms with Gasteiger partial charge in [-0.25, -0.2) is 0 Å². The lowest BCUT2D eigenvalue weighted by atomic mass is 9.99. The molecule has 0 aliphatic carbocycles. The van der Waals surface area contributed by atoms with E-state index in [0.717, 1.165) is 18.4 Å². The number of pyridine rings is 1. The first-order valence-electron chi connectivity index (χ1n) is 11.0. The number of aromatic nitrogens is 1. The predicted octanol–water partition coefficient (Wildman–Crippen LogP) is 4.78. The van der Waals surface area contributed by atoms with Crippen LogP contribution in [0.5, 0.6) is 5.75 Å². The zero-order chi connectivity index (χ0) is 23.4. The predicted molar refractivity (Wildman–Crippen MR) is 122 cm³/mol. The van der Waals surface area contributed by atoms with Crippen molar-refractivity contribution >= 4 is 17.4 Å². The molecule has 1 N–H and O–H groups in total. The average molecular weight is 447 g/mol. The van der Waals surface area contributed by atoms with Crippen LogP contribution < -0.4 is 4.74 Å². The Morgan fingerprint density at radius 1 is 1.18 bits per heavy atom. The molecule has 1 aromatic carbocycles. The van der Waals surface area contributed by atoms with E-state index in [4.69, 9.17) is 9.15 Å². The number of aliphatic hydroxyl groups excluding tert-OH is 1. The second kappa shape index (κ2) is 9.73. The molecule has 0 radical (unpaired) electrons. The number of carbonyl (C=O) groups is 2. The maximum absolute atomic E-state index is 13.1. The third kappa shape index (κ3) is 4.67. The molecule has 1 amide bonds. The standard InChI is InChI=1S/C26H26N2O5/c1-3-4-13-32-20-9-5-8-19(14-20)24(29)22-23(21-11-10-17(2)33-21)28(26(31)25(22)30)16-18-7-6-12-27-15-18/h5-12,14-15,23,29H,3-4,13,16H2,1-2H3/b24-22+. The summed E-state index contributed by atoms with van der Waals surface area (Å²) < 4.78 is 11.5. The summed E-state index contributed by atoms with van der Waals surface area (Å²) in [7, 11) is 0. The van der Waals surface area contributed by atoms with E-state index in [1.54, 1.807) is 61.8 Å². The van der Waals surface area contributed by atoms with Gasteiger partial charge in [-0.05, 0) is 49.2 Å². The fourth-order valence-corrected chi connectivity index (χ4v) is 3.85. The lowest BCUT2D eigenvalue weighted by Gasteiger charge is -2.23. The number of Topliss-reactive ketones (excluding diaryl/α,β-unsaturated/α-hetero) is 1. The van der Waals surface area contributed by atoms with Crippen molar-refractivity contribution in [1.29, 1.82) is 0 Å². The molecule has 0 bridgehead atoms. The summed E-state index contributed by atoms with van der Waals surface area (Å²) in [6.07, 6.45) is 5.19. The second-order valence-corrected chi connectivity index (χ2v) is 7.97. The number of aryl methyl sites for hydroxylation is 1. The number of carbonyl (C=O) groups excluding carboxylic acids is 2. The highest BCUT2D eigenvalue weighted by Crippen LogP contribution is 2.41. The van der Waals surface area contributed by atoms with Crippen LogP contribution in [0, 0.1) is 6.92 Å². The number of hydrogen-bond donors (Lipinski definition) is 1. The van der Waals surface area contributed by atoms with Crippen LogP contribution in [0.2, 0.25) is 0 Å². The Morgan fingerprint density at radius 2 is 2.03 bits per heavy atom. The number of aliphatic hydroxyl groups is 1. The Hall–Kier alpha value is -3.87. The Labute approximate surface area is 192 Å². The number of rotatable bonds is 8. The Bertz CT molecular complexity index is 1180. The van der Waals surface area contributed by atoms with Gasteiger partial charge >= 0.3 is 0 Å². The smallest absolute Gasteiger partial charge is 0.296 e. The van der Waals surface area contributed by atoms with Crippen molar-refractivity contribution in [2.45, 2.75) is 39.3 Å². The van der Waals surface area contributed by atoms with E-state index in [1.165, 1.54) is 4.90 Å². The highest BCUT2D eigenvalue weighted by molar-refractivity contribution is 6.46. The van der Waals surface area contributed by atoms with E-state index in [9.17, 15) is 14.7 Å². The number of amides is 1. The average Bonchev–Trinajstić information content (AvgIpc) is 3.36. The van der Waals surface area contributed by atoms with Crippen molar-refractivity contribution in [2.24, 2.45) is 0 Å². The summed E-state index contributed by atoms with van der Waals surface area (Å²) in [6, 6.07) is 13.1. The minimum Gasteiger partial charge on any atom is -0.507 e. The van der Waals surface area contributed by atoms with Crippen LogP contribution in [-0.4, -0.2) is 33.3 Å². The molecule has 3 aromatic rings. The van der Waals surface area contributed by atoms with Crippen molar-refractivity contribution in [3.63, 3.8) is 0 Å². The largest absolute Gasteiger partial charge is 0.507 e. The Balaban J connectivity index is 1.76. The van der Waals surface area contributed by atoms with Gasteiger partial charge in [0, 0.05) is 24.5 Å². The zero-order valence-electron chi connectivity index (χ0n) is 18.7. The molecular formula is C26H26N2O5. The van der Waals surface area contributed by atoms with Crippen molar-refractivity contribution < 1.29 is 23.8 Å². The summed E-state index contributed by atoms with van der Waals surface area (Å²) >= 11 is 0. The first-order valence-corrected chi connectivity index (χ1v) is 11.0. The molecule has 1 saturated heterocycles. The lowest BCUT2D eigenvalue weighted by molar-refractivity contribution is -0.140. The maximum Gasteiger partial charge on any atom is 0.296 e. The van der Waals surface area contributed by atoms with Gasteiger partial charge in [-0.15, -0.1) is 0 Å². The number of ketones is 1. The summed E-state index contributed by atoms with van der Waals surface area (Å²) in [5.41, 5.74) is 1.15. The minimum atomic E-state index is -0.858. The van der Waals surface area contributed by atoms with Gasteiger partial charge < -0.3 is 19.2 Å². The summed E-state index contributed by atoms with van der Waals surface area (Å²) in [4.78, 5) is 31.6.